The molecule has 0 unspecified atom stereocenters. The molecular weight excluding hydrogens is 278 g/mol. The maximum atomic E-state index is 5.94. The van der Waals surface area contributed by atoms with Gasteiger partial charge in [-0.3, -0.25) is 0 Å². The van der Waals surface area contributed by atoms with Gasteiger partial charge in [-0.25, -0.2) is 4.99 Å². The number of rotatable bonds is 4. The summed E-state index contributed by atoms with van der Waals surface area (Å²) in [5, 5.41) is 3.11. The summed E-state index contributed by atoms with van der Waals surface area (Å²) in [4.78, 5) is 4.36. The summed E-state index contributed by atoms with van der Waals surface area (Å²) in [6.07, 6.45) is 0.990. The molecule has 0 atom stereocenters. The van der Waals surface area contributed by atoms with Gasteiger partial charge >= 0.3 is 0 Å². The van der Waals surface area contributed by atoms with Crippen LogP contribution in [0.2, 0.25) is 0 Å². The highest BCUT2D eigenvalue weighted by Gasteiger charge is 2.12. The Kier molecular flexibility index (Phi) is 4.14. The molecule has 0 radical (unpaired) electrons. The second-order valence-electron chi connectivity index (χ2n) is 5.07. The van der Waals surface area contributed by atoms with E-state index in [1.54, 1.807) is 0 Å². The maximum Gasteiger partial charge on any atom is 0.231 e. The Bertz CT molecular complexity index is 698. The molecule has 0 aliphatic carbocycles. The molecule has 0 saturated heterocycles. The lowest BCUT2D eigenvalue weighted by Crippen LogP contribution is -2.22. The lowest BCUT2D eigenvalue weighted by atomic mass is 10.1. The Balaban J connectivity index is 1.64. The first kappa shape index (κ1) is 14.3. The van der Waals surface area contributed by atoms with Crippen molar-refractivity contribution in [2.75, 3.05) is 12.1 Å². The second-order valence-corrected chi connectivity index (χ2v) is 5.07. The van der Waals surface area contributed by atoms with E-state index in [1.807, 2.05) is 30.3 Å². The summed E-state index contributed by atoms with van der Waals surface area (Å²) in [5.74, 6) is 1.93. The van der Waals surface area contributed by atoms with Crippen LogP contribution >= 0.6 is 0 Å². The predicted octanol–water partition coefficient (Wildman–Crippen LogP) is 2.90. The Hall–Kier alpha value is -2.69. The molecule has 1 aliphatic heterocycles. The third-order valence-electron chi connectivity index (χ3n) is 3.48. The highest BCUT2D eigenvalue weighted by molar-refractivity contribution is 5.92. The molecule has 0 saturated carbocycles. The first-order chi connectivity index (χ1) is 10.7. The molecular formula is C17H19N3O2. The first-order valence-electron chi connectivity index (χ1n) is 7.29. The van der Waals surface area contributed by atoms with Gasteiger partial charge in [0.1, 0.15) is 0 Å². The third-order valence-corrected chi connectivity index (χ3v) is 3.48. The van der Waals surface area contributed by atoms with Crippen molar-refractivity contribution in [3.63, 3.8) is 0 Å². The number of nitrogens with zero attached hydrogens (tertiary/aromatic N) is 1. The van der Waals surface area contributed by atoms with Crippen molar-refractivity contribution in [1.29, 1.82) is 0 Å². The number of anilines is 1. The van der Waals surface area contributed by atoms with Crippen LogP contribution in [0.25, 0.3) is 0 Å². The number of aliphatic imine (C=N–C) groups is 1. The van der Waals surface area contributed by atoms with Gasteiger partial charge in [0.15, 0.2) is 17.5 Å². The number of ether oxygens (including phenoxy) is 2. The van der Waals surface area contributed by atoms with Crippen molar-refractivity contribution in [2.45, 2.75) is 19.9 Å². The standard InChI is InChI=1S/C17H19N3O2/c1-2-12-4-3-5-14(8-12)20-17(18)19-10-13-6-7-15-16(9-13)22-11-21-15/h3-9H,2,10-11H2,1H3,(H3,18,19,20). The second kappa shape index (κ2) is 6.39. The summed E-state index contributed by atoms with van der Waals surface area (Å²) < 4.78 is 10.6. The predicted molar refractivity (Wildman–Crippen MR) is 87.3 cm³/mol. The Morgan fingerprint density at radius 3 is 2.86 bits per heavy atom. The molecule has 5 heteroatoms. The van der Waals surface area contributed by atoms with E-state index in [9.17, 15) is 0 Å². The Morgan fingerprint density at radius 2 is 2.00 bits per heavy atom. The highest BCUT2D eigenvalue weighted by atomic mass is 16.7. The van der Waals surface area contributed by atoms with Gasteiger partial charge in [0.2, 0.25) is 6.79 Å². The van der Waals surface area contributed by atoms with Crippen LogP contribution < -0.4 is 20.5 Å². The fourth-order valence-corrected chi connectivity index (χ4v) is 2.27. The smallest absolute Gasteiger partial charge is 0.231 e. The molecule has 2 aromatic rings. The van der Waals surface area contributed by atoms with E-state index in [2.05, 4.69) is 29.4 Å². The zero-order chi connectivity index (χ0) is 15.4. The third kappa shape index (κ3) is 3.31. The summed E-state index contributed by atoms with van der Waals surface area (Å²) in [5.41, 5.74) is 9.17. The maximum absolute atomic E-state index is 5.94. The molecule has 0 spiro atoms. The normalized spacial score (nSPS) is 13.2. The number of hydrogen-bond donors (Lipinski definition) is 2. The number of guanidine groups is 1. The number of hydrogen-bond acceptors (Lipinski definition) is 3. The van der Waals surface area contributed by atoms with E-state index >= 15 is 0 Å². The van der Waals surface area contributed by atoms with Crippen LogP contribution in [-0.4, -0.2) is 12.8 Å². The van der Waals surface area contributed by atoms with Crippen LogP contribution in [0.4, 0.5) is 5.69 Å². The van der Waals surface area contributed by atoms with E-state index in [1.165, 1.54) is 5.56 Å². The number of benzene rings is 2. The molecule has 3 N–H and O–H groups in total. The molecule has 0 fully saturated rings. The van der Waals surface area contributed by atoms with Crippen LogP contribution in [0.15, 0.2) is 47.5 Å². The van der Waals surface area contributed by atoms with E-state index in [0.29, 0.717) is 12.5 Å². The summed E-state index contributed by atoms with van der Waals surface area (Å²) in [6, 6.07) is 13.9. The topological polar surface area (TPSA) is 68.9 Å². The van der Waals surface area contributed by atoms with E-state index < -0.39 is 0 Å². The first-order valence-corrected chi connectivity index (χ1v) is 7.29. The van der Waals surface area contributed by atoms with Gasteiger partial charge in [0, 0.05) is 5.69 Å². The largest absolute Gasteiger partial charge is 0.454 e. The van der Waals surface area contributed by atoms with Crippen molar-refractivity contribution in [1.82, 2.24) is 0 Å². The average molecular weight is 297 g/mol. The lowest BCUT2D eigenvalue weighted by Gasteiger charge is -2.07. The van der Waals surface area contributed by atoms with Crippen LogP contribution in [-0.2, 0) is 13.0 Å². The van der Waals surface area contributed by atoms with Crippen molar-refractivity contribution >= 4 is 11.6 Å². The summed E-state index contributed by atoms with van der Waals surface area (Å²) in [6.45, 7) is 2.89. The van der Waals surface area contributed by atoms with Gasteiger partial charge in [-0.05, 0) is 41.8 Å². The fraction of sp³-hybridized carbons (Fsp3) is 0.235. The van der Waals surface area contributed by atoms with Gasteiger partial charge in [0.25, 0.3) is 0 Å². The van der Waals surface area contributed by atoms with Crippen LogP contribution in [0.1, 0.15) is 18.1 Å². The molecule has 114 valence electrons. The van der Waals surface area contributed by atoms with E-state index in [-0.39, 0.29) is 6.79 Å². The monoisotopic (exact) mass is 297 g/mol. The molecule has 0 amide bonds. The zero-order valence-corrected chi connectivity index (χ0v) is 12.5. The Morgan fingerprint density at radius 1 is 1.14 bits per heavy atom. The number of nitrogens with one attached hydrogen (secondary N) is 1. The van der Waals surface area contributed by atoms with Crippen LogP contribution in [0, 0.1) is 0 Å². The molecule has 2 aromatic carbocycles. The van der Waals surface area contributed by atoms with Gasteiger partial charge in [0.05, 0.1) is 6.54 Å². The van der Waals surface area contributed by atoms with Gasteiger partial charge < -0.3 is 20.5 Å². The van der Waals surface area contributed by atoms with Crippen LogP contribution in [0.5, 0.6) is 11.5 Å². The van der Waals surface area contributed by atoms with E-state index in [0.717, 1.165) is 29.2 Å². The quantitative estimate of drug-likeness (QED) is 0.672. The van der Waals surface area contributed by atoms with Crippen molar-refractivity contribution in [3.8, 4) is 11.5 Å². The Labute approximate surface area is 129 Å². The van der Waals surface area contributed by atoms with E-state index in [4.69, 9.17) is 15.2 Å². The average Bonchev–Trinajstić information content (AvgIpc) is 3.00. The molecule has 22 heavy (non-hydrogen) atoms. The number of nitrogens with two attached hydrogens (primary N) is 1. The molecule has 0 bridgehead atoms. The number of aryl methyl sites for hydroxylation is 1. The SMILES string of the molecule is CCc1cccc(NC(N)=NCc2ccc3c(c2)OCO3)c1. The summed E-state index contributed by atoms with van der Waals surface area (Å²) >= 11 is 0. The number of fused-ring (bicyclic) bond motifs is 1. The minimum absolute atomic E-state index is 0.277. The highest BCUT2D eigenvalue weighted by Crippen LogP contribution is 2.32. The van der Waals surface area contributed by atoms with Crippen molar-refractivity contribution < 1.29 is 9.47 Å². The van der Waals surface area contributed by atoms with Crippen molar-refractivity contribution in [3.05, 3.63) is 53.6 Å². The minimum atomic E-state index is 0.277. The molecule has 1 aliphatic rings. The molecule has 1 heterocycles. The fourth-order valence-electron chi connectivity index (χ4n) is 2.27. The van der Waals surface area contributed by atoms with Gasteiger partial charge in [-0.1, -0.05) is 25.1 Å². The minimum Gasteiger partial charge on any atom is -0.454 e. The zero-order valence-electron chi connectivity index (χ0n) is 12.5. The molecule has 0 aromatic heterocycles. The lowest BCUT2D eigenvalue weighted by molar-refractivity contribution is 0.174. The summed E-state index contributed by atoms with van der Waals surface area (Å²) in [7, 11) is 0. The van der Waals surface area contributed by atoms with Gasteiger partial charge in [-0.15, -0.1) is 0 Å². The molecule has 5 nitrogen and oxygen atoms in total. The van der Waals surface area contributed by atoms with Crippen LogP contribution in [0.3, 0.4) is 0 Å². The molecule has 3 rings (SSSR count). The van der Waals surface area contributed by atoms with Gasteiger partial charge in [-0.2, -0.15) is 0 Å². The van der Waals surface area contributed by atoms with Crippen molar-refractivity contribution in [2.24, 2.45) is 10.7 Å².